The lowest BCUT2D eigenvalue weighted by Crippen LogP contribution is -2.31. The van der Waals surface area contributed by atoms with Crippen molar-refractivity contribution in [2.45, 2.75) is 52.2 Å². The molecule has 0 fully saturated rings. The van der Waals surface area contributed by atoms with E-state index < -0.39 is 6.10 Å². The summed E-state index contributed by atoms with van der Waals surface area (Å²) >= 11 is 0. The minimum atomic E-state index is -0.491. The standard InChI is InChI=1S/C14H21FO2/c1-4-6-13(16)14(5-2)17-11-8-7-10(3)12(15)9-11/h7-9,13-14,16H,4-6H2,1-3H3. The fraction of sp³-hybridized carbons (Fsp3) is 0.571. The summed E-state index contributed by atoms with van der Waals surface area (Å²) in [5, 5.41) is 9.88. The number of aliphatic hydroxyl groups is 1. The molecule has 0 aliphatic heterocycles. The van der Waals surface area contributed by atoms with E-state index in [4.69, 9.17) is 4.74 Å². The van der Waals surface area contributed by atoms with Gasteiger partial charge in [0.15, 0.2) is 0 Å². The Morgan fingerprint density at radius 2 is 2.06 bits per heavy atom. The number of aliphatic hydroxyl groups excluding tert-OH is 1. The molecule has 1 aromatic carbocycles. The van der Waals surface area contributed by atoms with Gasteiger partial charge in [-0.1, -0.05) is 26.3 Å². The van der Waals surface area contributed by atoms with Gasteiger partial charge in [-0.15, -0.1) is 0 Å². The van der Waals surface area contributed by atoms with Crippen molar-refractivity contribution in [2.75, 3.05) is 0 Å². The van der Waals surface area contributed by atoms with Gasteiger partial charge >= 0.3 is 0 Å². The average Bonchev–Trinajstić information content (AvgIpc) is 2.30. The van der Waals surface area contributed by atoms with Crippen LogP contribution in [0, 0.1) is 12.7 Å². The first-order valence-corrected chi connectivity index (χ1v) is 6.19. The predicted octanol–water partition coefficient (Wildman–Crippen LogP) is 3.45. The molecule has 0 heterocycles. The zero-order valence-corrected chi connectivity index (χ0v) is 10.7. The van der Waals surface area contributed by atoms with Gasteiger partial charge in [-0.25, -0.2) is 4.39 Å². The van der Waals surface area contributed by atoms with Crippen LogP contribution in [0.4, 0.5) is 4.39 Å². The summed E-state index contributed by atoms with van der Waals surface area (Å²) in [5.41, 5.74) is 0.597. The molecular formula is C14H21FO2. The highest BCUT2D eigenvalue weighted by Crippen LogP contribution is 2.20. The van der Waals surface area contributed by atoms with Crippen molar-refractivity contribution in [3.05, 3.63) is 29.6 Å². The highest BCUT2D eigenvalue weighted by Gasteiger charge is 2.18. The van der Waals surface area contributed by atoms with Gasteiger partial charge in [0.05, 0.1) is 6.10 Å². The summed E-state index contributed by atoms with van der Waals surface area (Å²) in [5.74, 6) is 0.206. The molecule has 0 aliphatic rings. The van der Waals surface area contributed by atoms with Crippen LogP contribution < -0.4 is 4.74 Å². The fourth-order valence-electron chi connectivity index (χ4n) is 1.74. The molecular weight excluding hydrogens is 219 g/mol. The Bertz CT molecular complexity index is 352. The third kappa shape index (κ3) is 4.00. The van der Waals surface area contributed by atoms with Crippen molar-refractivity contribution < 1.29 is 14.2 Å². The van der Waals surface area contributed by atoms with E-state index >= 15 is 0 Å². The molecule has 0 aliphatic carbocycles. The number of ether oxygens (including phenoxy) is 1. The highest BCUT2D eigenvalue weighted by atomic mass is 19.1. The van der Waals surface area contributed by atoms with Crippen LogP contribution in [0.2, 0.25) is 0 Å². The second-order valence-electron chi connectivity index (χ2n) is 4.33. The van der Waals surface area contributed by atoms with Crippen LogP contribution in [0.3, 0.4) is 0 Å². The van der Waals surface area contributed by atoms with Crippen LogP contribution in [0.5, 0.6) is 5.75 Å². The van der Waals surface area contributed by atoms with Gasteiger partial charge in [-0.05, 0) is 31.4 Å². The summed E-state index contributed by atoms with van der Waals surface area (Å²) in [4.78, 5) is 0. The Kier molecular flexibility index (Phi) is 5.42. The lowest BCUT2D eigenvalue weighted by Gasteiger charge is -2.22. The summed E-state index contributed by atoms with van der Waals surface area (Å²) < 4.78 is 19.0. The molecule has 96 valence electrons. The van der Waals surface area contributed by atoms with E-state index in [1.165, 1.54) is 6.07 Å². The zero-order valence-electron chi connectivity index (χ0n) is 10.7. The van der Waals surface area contributed by atoms with Crippen LogP contribution in [0.25, 0.3) is 0 Å². The third-order valence-corrected chi connectivity index (χ3v) is 2.85. The SMILES string of the molecule is CCCC(O)C(CC)Oc1ccc(C)c(F)c1. The fourth-order valence-corrected chi connectivity index (χ4v) is 1.74. The van der Waals surface area contributed by atoms with Crippen LogP contribution >= 0.6 is 0 Å². The lowest BCUT2D eigenvalue weighted by atomic mass is 10.1. The molecule has 1 rings (SSSR count). The van der Waals surface area contributed by atoms with E-state index in [9.17, 15) is 9.50 Å². The molecule has 2 atom stereocenters. The van der Waals surface area contributed by atoms with Crippen LogP contribution in [0.1, 0.15) is 38.7 Å². The van der Waals surface area contributed by atoms with Crippen molar-refractivity contribution in [3.63, 3.8) is 0 Å². The summed E-state index contributed by atoms with van der Waals surface area (Å²) in [7, 11) is 0. The maximum Gasteiger partial charge on any atom is 0.129 e. The molecule has 0 amide bonds. The molecule has 2 nitrogen and oxygen atoms in total. The molecule has 0 aromatic heterocycles. The molecule has 1 aromatic rings. The van der Waals surface area contributed by atoms with Crippen molar-refractivity contribution in [2.24, 2.45) is 0 Å². The predicted molar refractivity (Wildman–Crippen MR) is 66.8 cm³/mol. The lowest BCUT2D eigenvalue weighted by molar-refractivity contribution is 0.0282. The summed E-state index contributed by atoms with van der Waals surface area (Å²) in [6, 6.07) is 4.79. The highest BCUT2D eigenvalue weighted by molar-refractivity contribution is 5.28. The van der Waals surface area contributed by atoms with Gasteiger partial charge in [-0.2, -0.15) is 0 Å². The molecule has 0 bridgehead atoms. The summed E-state index contributed by atoms with van der Waals surface area (Å²) in [6.07, 6.45) is 1.55. The Morgan fingerprint density at radius 1 is 1.35 bits per heavy atom. The van der Waals surface area contributed by atoms with Gasteiger partial charge < -0.3 is 9.84 Å². The number of hydrogen-bond acceptors (Lipinski definition) is 2. The molecule has 0 saturated carbocycles. The number of benzene rings is 1. The number of halogens is 1. The Balaban J connectivity index is 2.70. The number of aryl methyl sites for hydroxylation is 1. The van der Waals surface area contributed by atoms with Crippen molar-refractivity contribution in [1.82, 2.24) is 0 Å². The van der Waals surface area contributed by atoms with E-state index in [-0.39, 0.29) is 11.9 Å². The molecule has 2 unspecified atom stereocenters. The Labute approximate surface area is 102 Å². The largest absolute Gasteiger partial charge is 0.488 e. The number of hydrogen-bond donors (Lipinski definition) is 1. The number of rotatable bonds is 6. The normalized spacial score (nSPS) is 14.4. The Morgan fingerprint density at radius 3 is 2.59 bits per heavy atom. The van der Waals surface area contributed by atoms with Crippen molar-refractivity contribution in [3.8, 4) is 5.75 Å². The Hall–Kier alpha value is -1.09. The first kappa shape index (κ1) is 14.0. The van der Waals surface area contributed by atoms with Gasteiger partial charge in [0.2, 0.25) is 0 Å². The van der Waals surface area contributed by atoms with Gasteiger partial charge in [0.1, 0.15) is 17.7 Å². The van der Waals surface area contributed by atoms with Crippen molar-refractivity contribution >= 4 is 0 Å². The van der Waals surface area contributed by atoms with Crippen LogP contribution in [0.15, 0.2) is 18.2 Å². The van der Waals surface area contributed by atoms with E-state index in [1.807, 2.05) is 13.8 Å². The minimum absolute atomic E-state index is 0.267. The van der Waals surface area contributed by atoms with E-state index in [0.29, 0.717) is 24.2 Å². The molecule has 1 N–H and O–H groups in total. The smallest absolute Gasteiger partial charge is 0.129 e. The van der Waals surface area contributed by atoms with Crippen LogP contribution in [-0.4, -0.2) is 17.3 Å². The second-order valence-corrected chi connectivity index (χ2v) is 4.33. The first-order chi connectivity index (χ1) is 8.08. The average molecular weight is 240 g/mol. The zero-order chi connectivity index (χ0) is 12.8. The van der Waals surface area contributed by atoms with Gasteiger partial charge in [0, 0.05) is 6.07 Å². The molecule has 3 heteroatoms. The minimum Gasteiger partial charge on any atom is -0.488 e. The van der Waals surface area contributed by atoms with E-state index in [1.54, 1.807) is 19.1 Å². The second kappa shape index (κ2) is 6.60. The van der Waals surface area contributed by atoms with Crippen molar-refractivity contribution in [1.29, 1.82) is 0 Å². The van der Waals surface area contributed by atoms with Gasteiger partial charge in [0.25, 0.3) is 0 Å². The first-order valence-electron chi connectivity index (χ1n) is 6.19. The maximum atomic E-state index is 13.3. The third-order valence-electron chi connectivity index (χ3n) is 2.85. The van der Waals surface area contributed by atoms with Crippen LogP contribution in [-0.2, 0) is 0 Å². The molecule has 0 saturated heterocycles. The van der Waals surface area contributed by atoms with Gasteiger partial charge in [-0.3, -0.25) is 0 Å². The topological polar surface area (TPSA) is 29.5 Å². The van der Waals surface area contributed by atoms with E-state index in [0.717, 1.165) is 6.42 Å². The quantitative estimate of drug-likeness (QED) is 0.825. The molecule has 0 spiro atoms. The molecule has 17 heavy (non-hydrogen) atoms. The summed E-state index contributed by atoms with van der Waals surface area (Å²) in [6.45, 7) is 5.68. The monoisotopic (exact) mass is 240 g/mol. The molecule has 0 radical (unpaired) electrons. The maximum absolute atomic E-state index is 13.3. The van der Waals surface area contributed by atoms with E-state index in [2.05, 4.69) is 0 Å².